The van der Waals surface area contributed by atoms with Gasteiger partial charge in [-0.25, -0.2) is 9.37 Å². The molecule has 0 aliphatic carbocycles. The van der Waals surface area contributed by atoms with Crippen molar-refractivity contribution in [3.63, 3.8) is 0 Å². The molecule has 0 bridgehead atoms. The van der Waals surface area contributed by atoms with Crippen LogP contribution in [0.5, 0.6) is 0 Å². The molecule has 4 rings (SSSR count). The van der Waals surface area contributed by atoms with Gasteiger partial charge in [-0.05, 0) is 43.3 Å². The Morgan fingerprint density at radius 3 is 2.33 bits per heavy atom. The summed E-state index contributed by atoms with van der Waals surface area (Å²) in [5.74, 6) is -0.673. The van der Waals surface area contributed by atoms with Crippen molar-refractivity contribution in [2.45, 2.75) is 13.0 Å². The Bertz CT molecular complexity index is 1280. The largest absolute Gasteiger partial charge is 0.332 e. The first kappa shape index (κ1) is 19.5. The van der Waals surface area contributed by atoms with Gasteiger partial charge in [0.15, 0.2) is 0 Å². The molecule has 0 fully saturated rings. The first-order chi connectivity index (χ1) is 14.5. The number of nitrogens with zero attached hydrogens (tertiary/aromatic N) is 3. The van der Waals surface area contributed by atoms with Crippen LogP contribution >= 0.6 is 0 Å². The summed E-state index contributed by atoms with van der Waals surface area (Å²) in [6, 6.07) is 21.5. The number of benzene rings is 3. The molecule has 1 aromatic heterocycles. The van der Waals surface area contributed by atoms with Crippen LogP contribution in [-0.4, -0.2) is 27.4 Å². The molecule has 3 aromatic carbocycles. The lowest BCUT2D eigenvalue weighted by Crippen LogP contribution is -2.35. The molecule has 0 radical (unpaired) electrons. The van der Waals surface area contributed by atoms with Crippen molar-refractivity contribution in [1.82, 2.24) is 14.5 Å². The van der Waals surface area contributed by atoms with E-state index in [1.54, 1.807) is 38.2 Å². The predicted octanol–water partition coefficient (Wildman–Crippen LogP) is 4.36. The molecule has 1 heterocycles. The number of carbonyl (C=O) groups is 1. The average Bonchev–Trinajstić information content (AvgIpc) is 2.78. The van der Waals surface area contributed by atoms with Crippen LogP contribution in [0.3, 0.4) is 0 Å². The van der Waals surface area contributed by atoms with Gasteiger partial charge < -0.3 is 4.90 Å². The van der Waals surface area contributed by atoms with E-state index in [0.29, 0.717) is 22.4 Å². The maximum Gasteiger partial charge on any atom is 0.266 e. The van der Waals surface area contributed by atoms with Gasteiger partial charge in [0.05, 0.1) is 28.2 Å². The summed E-state index contributed by atoms with van der Waals surface area (Å²) < 4.78 is 15.7. The van der Waals surface area contributed by atoms with E-state index in [0.717, 1.165) is 0 Å². The Balaban J connectivity index is 1.88. The first-order valence-electron chi connectivity index (χ1n) is 9.58. The number of aromatic nitrogens is 2. The van der Waals surface area contributed by atoms with Crippen molar-refractivity contribution < 1.29 is 9.18 Å². The van der Waals surface area contributed by atoms with Gasteiger partial charge in [0.2, 0.25) is 0 Å². The number of hydrogen-bond acceptors (Lipinski definition) is 3. The van der Waals surface area contributed by atoms with Crippen molar-refractivity contribution in [3.05, 3.63) is 106 Å². The van der Waals surface area contributed by atoms with Gasteiger partial charge in [-0.2, -0.15) is 0 Å². The minimum Gasteiger partial charge on any atom is -0.332 e. The van der Waals surface area contributed by atoms with E-state index in [9.17, 15) is 14.0 Å². The summed E-state index contributed by atoms with van der Waals surface area (Å²) in [7, 11) is 1.58. The SMILES string of the molecule is CC(c1nc2ccccc2c(=O)n1-c1ccccc1)N(C)C(=O)c1ccccc1F. The minimum absolute atomic E-state index is 0.0266. The number of fused-ring (bicyclic) bond motifs is 1. The fraction of sp³-hybridized carbons (Fsp3) is 0.125. The average molecular weight is 401 g/mol. The zero-order chi connectivity index (χ0) is 21.3. The zero-order valence-corrected chi connectivity index (χ0v) is 16.6. The van der Waals surface area contributed by atoms with Crippen molar-refractivity contribution in [2.75, 3.05) is 7.05 Å². The normalized spacial score (nSPS) is 12.0. The van der Waals surface area contributed by atoms with Crippen LogP contribution in [0.2, 0.25) is 0 Å². The summed E-state index contributed by atoms with van der Waals surface area (Å²) in [5.41, 5.74) is 0.944. The molecule has 0 aliphatic rings. The number of amides is 1. The second kappa shape index (κ2) is 7.91. The molecular formula is C24H20FN3O2. The maximum absolute atomic E-state index is 14.2. The fourth-order valence-electron chi connectivity index (χ4n) is 3.43. The highest BCUT2D eigenvalue weighted by molar-refractivity contribution is 5.94. The summed E-state index contributed by atoms with van der Waals surface area (Å²) in [4.78, 5) is 32.4. The van der Waals surface area contributed by atoms with Crippen LogP contribution in [0.4, 0.5) is 4.39 Å². The smallest absolute Gasteiger partial charge is 0.266 e. The highest BCUT2D eigenvalue weighted by Crippen LogP contribution is 2.23. The second-order valence-corrected chi connectivity index (χ2v) is 7.04. The topological polar surface area (TPSA) is 55.2 Å². The number of para-hydroxylation sites is 2. The van der Waals surface area contributed by atoms with Crippen LogP contribution in [0, 0.1) is 5.82 Å². The maximum atomic E-state index is 14.2. The van der Waals surface area contributed by atoms with E-state index in [2.05, 4.69) is 0 Å². The van der Waals surface area contributed by atoms with E-state index in [-0.39, 0.29) is 11.1 Å². The van der Waals surface area contributed by atoms with E-state index in [1.807, 2.05) is 36.4 Å². The van der Waals surface area contributed by atoms with E-state index in [1.165, 1.54) is 27.7 Å². The van der Waals surface area contributed by atoms with Crippen molar-refractivity contribution in [2.24, 2.45) is 0 Å². The van der Waals surface area contributed by atoms with Gasteiger partial charge in [0, 0.05) is 7.05 Å². The lowest BCUT2D eigenvalue weighted by Gasteiger charge is -2.27. The third-order valence-electron chi connectivity index (χ3n) is 5.20. The Kier molecular flexibility index (Phi) is 5.14. The number of carbonyl (C=O) groups excluding carboxylic acids is 1. The van der Waals surface area contributed by atoms with Crippen LogP contribution in [0.15, 0.2) is 83.7 Å². The van der Waals surface area contributed by atoms with Crippen molar-refractivity contribution in [1.29, 1.82) is 0 Å². The van der Waals surface area contributed by atoms with Gasteiger partial charge in [-0.3, -0.25) is 14.2 Å². The van der Waals surface area contributed by atoms with Gasteiger partial charge in [0.1, 0.15) is 11.6 Å². The third-order valence-corrected chi connectivity index (χ3v) is 5.20. The number of hydrogen-bond donors (Lipinski definition) is 0. The van der Waals surface area contributed by atoms with E-state index < -0.39 is 17.8 Å². The molecular weight excluding hydrogens is 381 g/mol. The quantitative estimate of drug-likeness (QED) is 0.511. The van der Waals surface area contributed by atoms with Crippen molar-refractivity contribution >= 4 is 16.8 Å². The monoisotopic (exact) mass is 401 g/mol. The Hall–Kier alpha value is -3.80. The molecule has 150 valence electrons. The molecule has 0 saturated carbocycles. The minimum atomic E-state index is -0.589. The summed E-state index contributed by atoms with van der Waals surface area (Å²) in [5, 5.41) is 0.486. The van der Waals surface area contributed by atoms with E-state index >= 15 is 0 Å². The highest BCUT2D eigenvalue weighted by atomic mass is 19.1. The molecule has 4 aromatic rings. The van der Waals surface area contributed by atoms with Crippen LogP contribution < -0.4 is 5.56 Å². The third kappa shape index (κ3) is 3.37. The first-order valence-corrected chi connectivity index (χ1v) is 9.58. The van der Waals surface area contributed by atoms with Crippen LogP contribution in [0.25, 0.3) is 16.6 Å². The highest BCUT2D eigenvalue weighted by Gasteiger charge is 2.26. The second-order valence-electron chi connectivity index (χ2n) is 7.04. The molecule has 0 saturated heterocycles. The van der Waals surface area contributed by atoms with Crippen LogP contribution in [-0.2, 0) is 0 Å². The van der Waals surface area contributed by atoms with Crippen molar-refractivity contribution in [3.8, 4) is 5.69 Å². The molecule has 1 atom stereocenters. The van der Waals surface area contributed by atoms with E-state index in [4.69, 9.17) is 4.98 Å². The van der Waals surface area contributed by atoms with Gasteiger partial charge in [0.25, 0.3) is 11.5 Å². The summed E-state index contributed by atoms with van der Waals surface area (Å²) in [6.07, 6.45) is 0. The fourth-order valence-corrected chi connectivity index (χ4v) is 3.43. The van der Waals surface area contributed by atoms with Gasteiger partial charge in [-0.15, -0.1) is 0 Å². The lowest BCUT2D eigenvalue weighted by molar-refractivity contribution is 0.0730. The Morgan fingerprint density at radius 2 is 1.60 bits per heavy atom. The summed E-state index contributed by atoms with van der Waals surface area (Å²) >= 11 is 0. The molecule has 5 nitrogen and oxygen atoms in total. The standard InChI is InChI=1S/C24H20FN3O2/c1-16(27(2)23(29)18-12-6-8-14-20(18)25)22-26-21-15-9-7-13-19(21)24(30)28(22)17-10-4-3-5-11-17/h3-16H,1-2H3. The Morgan fingerprint density at radius 1 is 0.967 bits per heavy atom. The predicted molar refractivity (Wildman–Crippen MR) is 114 cm³/mol. The molecule has 0 aliphatic heterocycles. The van der Waals surface area contributed by atoms with Gasteiger partial charge >= 0.3 is 0 Å². The molecule has 1 unspecified atom stereocenters. The number of rotatable bonds is 4. The molecule has 1 amide bonds. The molecule has 0 spiro atoms. The molecule has 30 heavy (non-hydrogen) atoms. The molecule has 0 N–H and O–H groups in total. The summed E-state index contributed by atoms with van der Waals surface area (Å²) in [6.45, 7) is 1.77. The number of halogens is 1. The lowest BCUT2D eigenvalue weighted by atomic mass is 10.1. The van der Waals surface area contributed by atoms with Crippen LogP contribution in [0.1, 0.15) is 29.1 Å². The molecule has 6 heteroatoms. The van der Waals surface area contributed by atoms with Gasteiger partial charge in [-0.1, -0.05) is 42.5 Å². The zero-order valence-electron chi connectivity index (χ0n) is 16.6. The Labute approximate surface area is 173 Å².